The van der Waals surface area contributed by atoms with Crippen LogP contribution in [0.3, 0.4) is 0 Å². The van der Waals surface area contributed by atoms with Gasteiger partial charge in [-0.25, -0.2) is 0 Å². The number of nitrogens with two attached hydrogens (primary N) is 1. The van der Waals surface area contributed by atoms with Crippen molar-refractivity contribution in [3.63, 3.8) is 0 Å². The van der Waals surface area contributed by atoms with Crippen molar-refractivity contribution >= 4 is 0 Å². The van der Waals surface area contributed by atoms with Crippen molar-refractivity contribution in [3.8, 4) is 5.75 Å². The van der Waals surface area contributed by atoms with Gasteiger partial charge in [-0.2, -0.15) is 0 Å². The van der Waals surface area contributed by atoms with E-state index in [1.165, 1.54) is 32.1 Å². The minimum absolute atomic E-state index is 0.211. The molecule has 18 heavy (non-hydrogen) atoms. The molecule has 0 saturated heterocycles. The highest BCUT2D eigenvalue weighted by molar-refractivity contribution is 5.20. The maximum atomic E-state index is 5.95. The van der Waals surface area contributed by atoms with Gasteiger partial charge in [-0.3, -0.25) is 4.98 Å². The Hall–Kier alpha value is -1.09. The SMILES string of the molecule is CCC(N)Cc1ccc(OC2CCCCC2)cn1. The molecule has 1 fully saturated rings. The van der Waals surface area contributed by atoms with Gasteiger partial charge in [0, 0.05) is 18.2 Å². The highest BCUT2D eigenvalue weighted by Gasteiger charge is 2.14. The first kappa shape index (κ1) is 13.3. The Bertz CT molecular complexity index is 344. The lowest BCUT2D eigenvalue weighted by Crippen LogP contribution is -2.22. The van der Waals surface area contributed by atoms with Gasteiger partial charge < -0.3 is 10.5 Å². The second-order valence-corrected chi connectivity index (χ2v) is 5.24. The summed E-state index contributed by atoms with van der Waals surface area (Å²) in [6.45, 7) is 2.10. The Labute approximate surface area is 110 Å². The first-order valence-electron chi connectivity index (χ1n) is 7.15. The van der Waals surface area contributed by atoms with Crippen molar-refractivity contribution < 1.29 is 4.74 Å². The third-order valence-corrected chi connectivity index (χ3v) is 3.65. The van der Waals surface area contributed by atoms with E-state index in [2.05, 4.69) is 11.9 Å². The molecule has 1 aliphatic rings. The lowest BCUT2D eigenvalue weighted by Gasteiger charge is -2.22. The molecule has 1 saturated carbocycles. The smallest absolute Gasteiger partial charge is 0.138 e. The molecule has 3 nitrogen and oxygen atoms in total. The van der Waals surface area contributed by atoms with Crippen LogP contribution in [0.1, 0.15) is 51.1 Å². The van der Waals surface area contributed by atoms with Crippen molar-refractivity contribution in [2.75, 3.05) is 0 Å². The van der Waals surface area contributed by atoms with E-state index in [4.69, 9.17) is 10.5 Å². The molecule has 1 aliphatic carbocycles. The Morgan fingerprint density at radius 2 is 2.11 bits per heavy atom. The van der Waals surface area contributed by atoms with E-state index in [9.17, 15) is 0 Å². The van der Waals surface area contributed by atoms with Gasteiger partial charge in [0.2, 0.25) is 0 Å². The van der Waals surface area contributed by atoms with Gasteiger partial charge in [-0.1, -0.05) is 13.3 Å². The van der Waals surface area contributed by atoms with Gasteiger partial charge in [0.25, 0.3) is 0 Å². The Morgan fingerprint density at radius 3 is 2.72 bits per heavy atom. The molecule has 1 aromatic rings. The second kappa shape index (κ2) is 6.74. The lowest BCUT2D eigenvalue weighted by atomic mass is 9.98. The van der Waals surface area contributed by atoms with Crippen LogP contribution in [0.4, 0.5) is 0 Å². The summed E-state index contributed by atoms with van der Waals surface area (Å²) in [4.78, 5) is 4.43. The first-order valence-corrected chi connectivity index (χ1v) is 7.15. The van der Waals surface area contributed by atoms with Crippen molar-refractivity contribution in [3.05, 3.63) is 24.0 Å². The van der Waals surface area contributed by atoms with Gasteiger partial charge in [0.1, 0.15) is 5.75 Å². The first-order chi connectivity index (χ1) is 8.78. The number of rotatable bonds is 5. The largest absolute Gasteiger partial charge is 0.489 e. The van der Waals surface area contributed by atoms with Crippen LogP contribution in [-0.2, 0) is 6.42 Å². The average Bonchev–Trinajstić information content (AvgIpc) is 2.42. The molecule has 1 heterocycles. The lowest BCUT2D eigenvalue weighted by molar-refractivity contribution is 0.154. The van der Waals surface area contributed by atoms with Crippen LogP contribution in [0.2, 0.25) is 0 Å². The Balaban J connectivity index is 1.86. The topological polar surface area (TPSA) is 48.1 Å². The zero-order valence-corrected chi connectivity index (χ0v) is 11.3. The van der Waals surface area contributed by atoms with Crippen molar-refractivity contribution in [2.24, 2.45) is 5.73 Å². The molecule has 0 aliphatic heterocycles. The molecule has 1 atom stereocenters. The third kappa shape index (κ3) is 3.98. The molecule has 2 N–H and O–H groups in total. The summed E-state index contributed by atoms with van der Waals surface area (Å²) >= 11 is 0. The molecule has 3 heteroatoms. The van der Waals surface area contributed by atoms with E-state index < -0.39 is 0 Å². The molecule has 100 valence electrons. The van der Waals surface area contributed by atoms with E-state index in [1.807, 2.05) is 18.3 Å². The van der Waals surface area contributed by atoms with Crippen molar-refractivity contribution in [2.45, 2.75) is 64.0 Å². The zero-order valence-electron chi connectivity index (χ0n) is 11.3. The third-order valence-electron chi connectivity index (χ3n) is 3.65. The van der Waals surface area contributed by atoms with E-state index >= 15 is 0 Å². The van der Waals surface area contributed by atoms with Crippen LogP contribution < -0.4 is 10.5 Å². The summed E-state index contributed by atoms with van der Waals surface area (Å²) in [7, 11) is 0. The number of ether oxygens (including phenoxy) is 1. The monoisotopic (exact) mass is 248 g/mol. The maximum Gasteiger partial charge on any atom is 0.138 e. The number of aromatic nitrogens is 1. The van der Waals surface area contributed by atoms with Gasteiger partial charge in [-0.05, 0) is 44.2 Å². The Kier molecular flexibility index (Phi) is 5.00. The fraction of sp³-hybridized carbons (Fsp3) is 0.667. The van der Waals surface area contributed by atoms with Crippen molar-refractivity contribution in [1.29, 1.82) is 0 Å². The normalized spacial score (nSPS) is 18.6. The summed E-state index contributed by atoms with van der Waals surface area (Å²) in [5.74, 6) is 0.899. The van der Waals surface area contributed by atoms with Crippen LogP contribution in [-0.4, -0.2) is 17.1 Å². The predicted molar refractivity (Wildman–Crippen MR) is 73.7 cm³/mol. The molecule has 0 amide bonds. The highest BCUT2D eigenvalue weighted by Crippen LogP contribution is 2.23. The molecule has 2 rings (SSSR count). The minimum Gasteiger partial charge on any atom is -0.489 e. The van der Waals surface area contributed by atoms with Gasteiger partial charge in [0.15, 0.2) is 0 Å². The zero-order chi connectivity index (χ0) is 12.8. The standard InChI is InChI=1S/C15H24N2O/c1-2-12(16)10-13-8-9-15(11-17-13)18-14-6-4-3-5-7-14/h8-9,11-12,14H,2-7,10,16H2,1H3. The number of hydrogen-bond donors (Lipinski definition) is 1. The van der Waals surface area contributed by atoms with Crippen LogP contribution >= 0.6 is 0 Å². The fourth-order valence-corrected chi connectivity index (χ4v) is 2.39. The van der Waals surface area contributed by atoms with Crippen LogP contribution in [0, 0.1) is 0 Å². The molecular formula is C15H24N2O. The minimum atomic E-state index is 0.211. The van der Waals surface area contributed by atoms with Gasteiger partial charge in [0.05, 0.1) is 12.3 Å². The molecule has 1 aromatic heterocycles. The van der Waals surface area contributed by atoms with E-state index in [0.717, 1.165) is 24.3 Å². The highest BCUT2D eigenvalue weighted by atomic mass is 16.5. The quantitative estimate of drug-likeness (QED) is 0.871. The second-order valence-electron chi connectivity index (χ2n) is 5.24. The van der Waals surface area contributed by atoms with Crippen LogP contribution in [0.25, 0.3) is 0 Å². The number of hydrogen-bond acceptors (Lipinski definition) is 3. The number of nitrogens with zero attached hydrogens (tertiary/aromatic N) is 1. The van der Waals surface area contributed by atoms with Gasteiger partial charge >= 0.3 is 0 Å². The van der Waals surface area contributed by atoms with E-state index in [0.29, 0.717) is 6.10 Å². The number of pyridine rings is 1. The fourth-order valence-electron chi connectivity index (χ4n) is 2.39. The van der Waals surface area contributed by atoms with Crippen molar-refractivity contribution in [1.82, 2.24) is 4.98 Å². The van der Waals surface area contributed by atoms with E-state index in [1.54, 1.807) is 0 Å². The van der Waals surface area contributed by atoms with Crippen LogP contribution in [0.15, 0.2) is 18.3 Å². The van der Waals surface area contributed by atoms with Crippen LogP contribution in [0.5, 0.6) is 5.75 Å². The molecule has 0 radical (unpaired) electrons. The summed E-state index contributed by atoms with van der Waals surface area (Å²) in [6.07, 6.45) is 10.4. The molecule has 0 aromatic carbocycles. The average molecular weight is 248 g/mol. The summed E-state index contributed by atoms with van der Waals surface area (Å²) in [6, 6.07) is 4.27. The Morgan fingerprint density at radius 1 is 1.33 bits per heavy atom. The molecular weight excluding hydrogens is 224 g/mol. The molecule has 0 spiro atoms. The summed E-state index contributed by atoms with van der Waals surface area (Å²) < 4.78 is 5.95. The predicted octanol–water partition coefficient (Wildman–Crippen LogP) is 3.07. The summed E-state index contributed by atoms with van der Waals surface area (Å²) in [5, 5.41) is 0. The molecule has 1 unspecified atom stereocenters. The van der Waals surface area contributed by atoms with E-state index in [-0.39, 0.29) is 6.04 Å². The van der Waals surface area contributed by atoms with Gasteiger partial charge in [-0.15, -0.1) is 0 Å². The maximum absolute atomic E-state index is 5.95. The molecule has 0 bridgehead atoms. The summed E-state index contributed by atoms with van der Waals surface area (Å²) in [5.41, 5.74) is 6.98.